The first kappa shape index (κ1) is 13.7. The molecule has 108 valence electrons. The SMILES string of the molecule is Cn1cccc1CCNC(=O)c1ccc2nc(Cl)[nH]c2c1. The molecule has 3 rings (SSSR count). The van der Waals surface area contributed by atoms with Crippen molar-refractivity contribution in [3.63, 3.8) is 0 Å². The quantitative estimate of drug-likeness (QED) is 0.778. The first-order chi connectivity index (χ1) is 10.1. The van der Waals surface area contributed by atoms with Gasteiger partial charge in [0.15, 0.2) is 0 Å². The zero-order chi connectivity index (χ0) is 14.8. The number of nitrogens with zero attached hydrogens (tertiary/aromatic N) is 2. The van der Waals surface area contributed by atoms with Crippen molar-refractivity contribution in [1.29, 1.82) is 0 Å². The lowest BCUT2D eigenvalue weighted by atomic mass is 10.2. The molecule has 0 aliphatic carbocycles. The van der Waals surface area contributed by atoms with Crippen LogP contribution in [0.15, 0.2) is 36.5 Å². The van der Waals surface area contributed by atoms with Crippen LogP contribution in [0.1, 0.15) is 16.1 Å². The highest BCUT2D eigenvalue weighted by atomic mass is 35.5. The summed E-state index contributed by atoms with van der Waals surface area (Å²) in [5.74, 6) is -0.100. The third kappa shape index (κ3) is 2.92. The fourth-order valence-electron chi connectivity index (χ4n) is 2.28. The molecule has 5 nitrogen and oxygen atoms in total. The highest BCUT2D eigenvalue weighted by molar-refractivity contribution is 6.29. The second-order valence-corrected chi connectivity index (χ2v) is 5.23. The van der Waals surface area contributed by atoms with E-state index >= 15 is 0 Å². The molecule has 2 aromatic heterocycles. The van der Waals surface area contributed by atoms with Crippen LogP contribution in [0.2, 0.25) is 5.28 Å². The number of carbonyl (C=O) groups is 1. The fraction of sp³-hybridized carbons (Fsp3) is 0.200. The molecule has 1 amide bonds. The number of hydrogen-bond acceptors (Lipinski definition) is 2. The van der Waals surface area contributed by atoms with E-state index < -0.39 is 0 Å². The van der Waals surface area contributed by atoms with E-state index in [9.17, 15) is 4.79 Å². The van der Waals surface area contributed by atoms with Crippen LogP contribution in [0.4, 0.5) is 0 Å². The van der Waals surface area contributed by atoms with Crippen LogP contribution in [-0.2, 0) is 13.5 Å². The minimum atomic E-state index is -0.100. The Balaban J connectivity index is 1.65. The molecular formula is C15H15ClN4O. The van der Waals surface area contributed by atoms with E-state index in [2.05, 4.69) is 15.3 Å². The van der Waals surface area contributed by atoms with Gasteiger partial charge in [-0.05, 0) is 41.9 Å². The average Bonchev–Trinajstić information content (AvgIpc) is 3.02. The molecule has 3 aromatic rings. The van der Waals surface area contributed by atoms with Gasteiger partial charge in [0, 0.05) is 37.5 Å². The van der Waals surface area contributed by atoms with Crippen LogP contribution >= 0.6 is 11.6 Å². The maximum absolute atomic E-state index is 12.1. The second-order valence-electron chi connectivity index (χ2n) is 4.88. The number of carbonyl (C=O) groups excluding carboxylic acids is 1. The molecule has 0 aliphatic heterocycles. The zero-order valence-corrected chi connectivity index (χ0v) is 12.3. The van der Waals surface area contributed by atoms with Crippen LogP contribution in [0.3, 0.4) is 0 Å². The Hall–Kier alpha value is -2.27. The summed E-state index contributed by atoms with van der Waals surface area (Å²) < 4.78 is 2.05. The highest BCUT2D eigenvalue weighted by Crippen LogP contribution is 2.16. The fourth-order valence-corrected chi connectivity index (χ4v) is 2.47. The molecule has 21 heavy (non-hydrogen) atoms. The minimum absolute atomic E-state index is 0.100. The van der Waals surface area contributed by atoms with Crippen LogP contribution in [0.25, 0.3) is 11.0 Å². The lowest BCUT2D eigenvalue weighted by molar-refractivity contribution is 0.0954. The van der Waals surface area contributed by atoms with Gasteiger partial charge in [0.25, 0.3) is 5.91 Å². The van der Waals surface area contributed by atoms with Gasteiger partial charge in [-0.2, -0.15) is 0 Å². The number of benzene rings is 1. The van der Waals surface area contributed by atoms with Gasteiger partial charge in [-0.25, -0.2) is 4.98 Å². The number of H-pyrrole nitrogens is 1. The predicted molar refractivity (Wildman–Crippen MR) is 82.6 cm³/mol. The molecule has 0 atom stereocenters. The summed E-state index contributed by atoms with van der Waals surface area (Å²) in [5.41, 5.74) is 3.29. The number of halogens is 1. The third-order valence-electron chi connectivity index (χ3n) is 3.43. The maximum Gasteiger partial charge on any atom is 0.251 e. The summed E-state index contributed by atoms with van der Waals surface area (Å²) >= 11 is 5.80. The van der Waals surface area contributed by atoms with E-state index in [-0.39, 0.29) is 5.91 Å². The standard InChI is InChI=1S/C15H15ClN4O/c1-20-8-2-3-11(20)6-7-17-14(21)10-4-5-12-13(9-10)19-15(16)18-12/h2-5,8-9H,6-7H2,1H3,(H,17,21)(H,18,19). The molecule has 1 aromatic carbocycles. The van der Waals surface area contributed by atoms with Crippen molar-refractivity contribution in [3.8, 4) is 0 Å². The summed E-state index contributed by atoms with van der Waals surface area (Å²) in [6, 6.07) is 9.32. The van der Waals surface area contributed by atoms with Crippen molar-refractivity contribution < 1.29 is 4.79 Å². The molecule has 0 radical (unpaired) electrons. The molecule has 0 saturated carbocycles. The topological polar surface area (TPSA) is 62.7 Å². The molecule has 0 fully saturated rings. The minimum Gasteiger partial charge on any atom is -0.354 e. The largest absolute Gasteiger partial charge is 0.354 e. The number of hydrogen-bond donors (Lipinski definition) is 2. The van der Waals surface area contributed by atoms with Gasteiger partial charge in [0.2, 0.25) is 5.28 Å². The highest BCUT2D eigenvalue weighted by Gasteiger charge is 2.08. The molecular weight excluding hydrogens is 288 g/mol. The van der Waals surface area contributed by atoms with Crippen LogP contribution in [-0.4, -0.2) is 27.0 Å². The number of fused-ring (bicyclic) bond motifs is 1. The molecule has 2 heterocycles. The Kier molecular flexibility index (Phi) is 3.66. The van der Waals surface area contributed by atoms with Gasteiger partial charge in [-0.1, -0.05) is 0 Å². The van der Waals surface area contributed by atoms with Gasteiger partial charge < -0.3 is 14.9 Å². The molecule has 0 aliphatic rings. The Morgan fingerprint density at radius 2 is 2.29 bits per heavy atom. The lowest BCUT2D eigenvalue weighted by Gasteiger charge is -2.06. The van der Waals surface area contributed by atoms with E-state index in [1.54, 1.807) is 18.2 Å². The van der Waals surface area contributed by atoms with E-state index in [1.807, 2.05) is 29.9 Å². The zero-order valence-electron chi connectivity index (χ0n) is 11.6. The van der Waals surface area contributed by atoms with Crippen molar-refractivity contribution >= 4 is 28.5 Å². The number of amides is 1. The molecule has 0 unspecified atom stereocenters. The Morgan fingerprint density at radius 3 is 3.05 bits per heavy atom. The summed E-state index contributed by atoms with van der Waals surface area (Å²) in [5, 5.41) is 3.24. The monoisotopic (exact) mass is 302 g/mol. The van der Waals surface area contributed by atoms with Crippen molar-refractivity contribution in [2.75, 3.05) is 6.54 Å². The Morgan fingerprint density at radius 1 is 1.43 bits per heavy atom. The summed E-state index contributed by atoms with van der Waals surface area (Å²) in [7, 11) is 1.99. The molecule has 0 spiro atoms. The summed E-state index contributed by atoms with van der Waals surface area (Å²) in [6.07, 6.45) is 2.79. The predicted octanol–water partition coefficient (Wildman–Crippen LogP) is 2.53. The van der Waals surface area contributed by atoms with Crippen molar-refractivity contribution in [2.45, 2.75) is 6.42 Å². The van der Waals surface area contributed by atoms with Crippen LogP contribution in [0.5, 0.6) is 0 Å². The smallest absolute Gasteiger partial charge is 0.251 e. The normalized spacial score (nSPS) is 11.0. The average molecular weight is 303 g/mol. The van der Waals surface area contributed by atoms with Crippen LogP contribution in [0, 0.1) is 0 Å². The molecule has 6 heteroatoms. The van der Waals surface area contributed by atoms with Gasteiger partial charge in [-0.3, -0.25) is 4.79 Å². The van der Waals surface area contributed by atoms with Crippen molar-refractivity contribution in [3.05, 3.63) is 53.1 Å². The summed E-state index contributed by atoms with van der Waals surface area (Å²) in [6.45, 7) is 0.596. The number of nitrogens with one attached hydrogen (secondary N) is 2. The van der Waals surface area contributed by atoms with Gasteiger partial charge in [0.05, 0.1) is 11.0 Å². The molecule has 0 saturated heterocycles. The van der Waals surface area contributed by atoms with Crippen molar-refractivity contribution in [2.24, 2.45) is 7.05 Å². The van der Waals surface area contributed by atoms with Gasteiger partial charge >= 0.3 is 0 Å². The van der Waals surface area contributed by atoms with Crippen molar-refractivity contribution in [1.82, 2.24) is 19.9 Å². The van der Waals surface area contributed by atoms with E-state index in [1.165, 1.54) is 5.69 Å². The van der Waals surface area contributed by atoms with Gasteiger partial charge in [-0.15, -0.1) is 0 Å². The third-order valence-corrected chi connectivity index (χ3v) is 3.61. The number of imidazole rings is 1. The Bertz CT molecular complexity index is 790. The first-order valence-electron chi connectivity index (χ1n) is 6.67. The van der Waals surface area contributed by atoms with Crippen LogP contribution < -0.4 is 5.32 Å². The second kappa shape index (κ2) is 5.61. The Labute approximate surface area is 126 Å². The molecule has 0 bridgehead atoms. The van der Waals surface area contributed by atoms with E-state index in [4.69, 9.17) is 11.6 Å². The van der Waals surface area contributed by atoms with E-state index in [0.717, 1.165) is 17.5 Å². The summed E-state index contributed by atoms with van der Waals surface area (Å²) in [4.78, 5) is 19.1. The number of aromatic nitrogens is 3. The number of aryl methyl sites for hydroxylation is 1. The molecule has 2 N–H and O–H groups in total. The lowest BCUT2D eigenvalue weighted by Crippen LogP contribution is -2.26. The van der Waals surface area contributed by atoms with Gasteiger partial charge in [0.1, 0.15) is 0 Å². The van der Waals surface area contributed by atoms with E-state index in [0.29, 0.717) is 17.4 Å². The number of rotatable bonds is 4. The maximum atomic E-state index is 12.1. The first-order valence-corrected chi connectivity index (χ1v) is 7.05. The number of aromatic amines is 1.